The molecule has 1 aliphatic carbocycles. The fraction of sp³-hybridized carbons (Fsp3) is 0.333. The highest BCUT2D eigenvalue weighted by atomic mass is 19.1. The van der Waals surface area contributed by atoms with Crippen molar-refractivity contribution in [1.82, 2.24) is 10.6 Å². The second-order valence-electron chi connectivity index (χ2n) is 9.53. The molecule has 1 saturated carbocycles. The summed E-state index contributed by atoms with van der Waals surface area (Å²) in [5, 5.41) is 5.82. The van der Waals surface area contributed by atoms with Crippen LogP contribution in [0.1, 0.15) is 61.1 Å². The third-order valence-corrected chi connectivity index (χ3v) is 6.95. The van der Waals surface area contributed by atoms with Crippen molar-refractivity contribution in [3.05, 3.63) is 107 Å². The van der Waals surface area contributed by atoms with E-state index in [0.717, 1.165) is 29.5 Å². The van der Waals surface area contributed by atoms with Crippen molar-refractivity contribution >= 4 is 12.0 Å². The molecule has 37 heavy (non-hydrogen) atoms. The van der Waals surface area contributed by atoms with Gasteiger partial charge in [-0.2, -0.15) is 0 Å². The number of nitrogens with one attached hydrogen (secondary N) is 2. The van der Waals surface area contributed by atoms with Crippen molar-refractivity contribution in [3.63, 3.8) is 0 Å². The zero-order chi connectivity index (χ0) is 26.1. The SMILES string of the molecule is O=C(NC1(C(=O)NCCCC(c2ccc(F)cc2)c2ccc(F)cc2)CCCC1)OCc1ccccc1. The van der Waals surface area contributed by atoms with E-state index in [2.05, 4.69) is 10.6 Å². The van der Waals surface area contributed by atoms with Crippen molar-refractivity contribution < 1.29 is 23.1 Å². The lowest BCUT2D eigenvalue weighted by atomic mass is 9.87. The molecular formula is C30H32F2N2O3. The quantitative estimate of drug-likeness (QED) is 0.320. The van der Waals surface area contributed by atoms with Gasteiger partial charge in [0.2, 0.25) is 5.91 Å². The summed E-state index contributed by atoms with van der Waals surface area (Å²) >= 11 is 0. The Morgan fingerprint density at radius 2 is 1.41 bits per heavy atom. The smallest absolute Gasteiger partial charge is 0.408 e. The number of benzene rings is 3. The first-order valence-electron chi connectivity index (χ1n) is 12.7. The standard InChI is InChI=1S/C30H32F2N2O3/c31-25-14-10-23(11-15-25)27(24-12-16-26(32)17-13-24)9-6-20-33-28(35)30(18-4-5-19-30)34-29(36)37-21-22-7-2-1-3-8-22/h1-3,7-8,10-17,27H,4-6,9,18-21H2,(H,33,35)(H,34,36). The summed E-state index contributed by atoms with van der Waals surface area (Å²) in [5.74, 6) is -0.900. The predicted molar refractivity (Wildman–Crippen MR) is 138 cm³/mol. The van der Waals surface area contributed by atoms with Gasteiger partial charge in [-0.05, 0) is 66.6 Å². The first kappa shape index (κ1) is 26.3. The average Bonchev–Trinajstić information content (AvgIpc) is 3.39. The van der Waals surface area contributed by atoms with E-state index in [1.807, 2.05) is 30.3 Å². The maximum Gasteiger partial charge on any atom is 0.408 e. The van der Waals surface area contributed by atoms with Crippen LogP contribution >= 0.6 is 0 Å². The van der Waals surface area contributed by atoms with Crippen LogP contribution in [0.4, 0.5) is 13.6 Å². The molecule has 0 heterocycles. The van der Waals surface area contributed by atoms with Gasteiger partial charge in [-0.15, -0.1) is 0 Å². The first-order valence-corrected chi connectivity index (χ1v) is 12.7. The Morgan fingerprint density at radius 1 is 0.838 bits per heavy atom. The van der Waals surface area contributed by atoms with Crippen LogP contribution < -0.4 is 10.6 Å². The third kappa shape index (κ3) is 7.15. The maximum atomic E-state index is 13.5. The summed E-state index contributed by atoms with van der Waals surface area (Å²) in [7, 11) is 0. The van der Waals surface area contributed by atoms with Crippen LogP contribution in [0.2, 0.25) is 0 Å². The van der Waals surface area contributed by atoms with Gasteiger partial charge in [0, 0.05) is 12.5 Å². The van der Waals surface area contributed by atoms with E-state index >= 15 is 0 Å². The van der Waals surface area contributed by atoms with E-state index in [4.69, 9.17) is 4.74 Å². The minimum absolute atomic E-state index is 0.0652. The van der Waals surface area contributed by atoms with Crippen molar-refractivity contribution in [2.75, 3.05) is 6.54 Å². The van der Waals surface area contributed by atoms with Gasteiger partial charge in [0.1, 0.15) is 23.8 Å². The molecule has 0 bridgehead atoms. The Kier molecular flexibility index (Phi) is 8.88. The molecule has 4 rings (SSSR count). The molecule has 0 saturated heterocycles. The number of ether oxygens (including phenoxy) is 1. The maximum absolute atomic E-state index is 13.5. The molecule has 0 radical (unpaired) electrons. The van der Waals surface area contributed by atoms with Crippen LogP contribution in [0.3, 0.4) is 0 Å². The number of hydrogen-bond donors (Lipinski definition) is 2. The van der Waals surface area contributed by atoms with Crippen molar-refractivity contribution in [3.8, 4) is 0 Å². The summed E-state index contributed by atoms with van der Waals surface area (Å²) in [5.41, 5.74) is 1.75. The number of hydrogen-bond acceptors (Lipinski definition) is 3. The molecule has 0 unspecified atom stereocenters. The van der Waals surface area contributed by atoms with Gasteiger partial charge in [0.15, 0.2) is 0 Å². The lowest BCUT2D eigenvalue weighted by molar-refractivity contribution is -0.127. The molecular weight excluding hydrogens is 474 g/mol. The number of halogens is 2. The zero-order valence-electron chi connectivity index (χ0n) is 20.7. The second kappa shape index (κ2) is 12.5. The molecule has 3 aromatic rings. The van der Waals surface area contributed by atoms with Crippen LogP contribution in [0.5, 0.6) is 0 Å². The number of amides is 2. The van der Waals surface area contributed by atoms with E-state index in [0.29, 0.717) is 32.2 Å². The highest BCUT2D eigenvalue weighted by Gasteiger charge is 2.42. The summed E-state index contributed by atoms with van der Waals surface area (Å²) in [6, 6.07) is 22.0. The van der Waals surface area contributed by atoms with Gasteiger partial charge in [-0.3, -0.25) is 4.79 Å². The van der Waals surface area contributed by atoms with Gasteiger partial charge in [0.05, 0.1) is 0 Å². The van der Waals surface area contributed by atoms with Gasteiger partial charge in [-0.1, -0.05) is 67.4 Å². The van der Waals surface area contributed by atoms with Crippen LogP contribution in [-0.4, -0.2) is 24.1 Å². The molecule has 5 nitrogen and oxygen atoms in total. The van der Waals surface area contributed by atoms with E-state index in [1.54, 1.807) is 24.3 Å². The van der Waals surface area contributed by atoms with Crippen molar-refractivity contribution in [2.45, 2.75) is 56.6 Å². The first-order chi connectivity index (χ1) is 17.9. The lowest BCUT2D eigenvalue weighted by Crippen LogP contribution is -2.57. The summed E-state index contributed by atoms with van der Waals surface area (Å²) in [4.78, 5) is 25.7. The summed E-state index contributed by atoms with van der Waals surface area (Å²) in [6.45, 7) is 0.554. The molecule has 3 aromatic carbocycles. The molecule has 7 heteroatoms. The lowest BCUT2D eigenvalue weighted by Gasteiger charge is -2.28. The zero-order valence-corrected chi connectivity index (χ0v) is 20.7. The Balaban J connectivity index is 1.33. The summed E-state index contributed by atoms with van der Waals surface area (Å²) < 4.78 is 32.3. The Morgan fingerprint density at radius 3 is 1.97 bits per heavy atom. The minimum Gasteiger partial charge on any atom is -0.445 e. The third-order valence-electron chi connectivity index (χ3n) is 6.95. The molecule has 0 aromatic heterocycles. The van der Waals surface area contributed by atoms with Gasteiger partial charge >= 0.3 is 6.09 Å². The minimum atomic E-state index is -0.971. The van der Waals surface area contributed by atoms with Crippen LogP contribution in [0.25, 0.3) is 0 Å². The predicted octanol–water partition coefficient (Wildman–Crippen LogP) is 6.23. The number of carbonyl (C=O) groups excluding carboxylic acids is 2. The fourth-order valence-electron chi connectivity index (χ4n) is 4.94. The number of alkyl carbamates (subject to hydrolysis) is 1. The largest absolute Gasteiger partial charge is 0.445 e. The molecule has 0 atom stereocenters. The normalized spacial score (nSPS) is 14.4. The molecule has 1 aliphatic rings. The molecule has 2 amide bonds. The fourth-order valence-corrected chi connectivity index (χ4v) is 4.94. The topological polar surface area (TPSA) is 67.4 Å². The average molecular weight is 507 g/mol. The van der Waals surface area contributed by atoms with Gasteiger partial charge in [-0.25, -0.2) is 13.6 Å². The molecule has 194 valence electrons. The molecule has 0 spiro atoms. The van der Waals surface area contributed by atoms with Crippen molar-refractivity contribution in [2.24, 2.45) is 0 Å². The molecule has 1 fully saturated rings. The van der Waals surface area contributed by atoms with E-state index in [-0.39, 0.29) is 30.1 Å². The molecule has 0 aliphatic heterocycles. The monoisotopic (exact) mass is 506 g/mol. The Bertz CT molecular complexity index is 1120. The highest BCUT2D eigenvalue weighted by molar-refractivity contribution is 5.90. The van der Waals surface area contributed by atoms with Crippen LogP contribution in [0, 0.1) is 11.6 Å². The second-order valence-corrected chi connectivity index (χ2v) is 9.53. The van der Waals surface area contributed by atoms with Crippen LogP contribution in [0.15, 0.2) is 78.9 Å². The highest BCUT2D eigenvalue weighted by Crippen LogP contribution is 2.31. The Hall–Kier alpha value is -3.74. The van der Waals surface area contributed by atoms with Crippen molar-refractivity contribution in [1.29, 1.82) is 0 Å². The number of rotatable bonds is 10. The van der Waals surface area contributed by atoms with E-state index in [9.17, 15) is 18.4 Å². The molecule has 2 N–H and O–H groups in total. The van der Waals surface area contributed by atoms with E-state index in [1.165, 1.54) is 24.3 Å². The number of carbonyl (C=O) groups is 2. The Labute approximate surface area is 216 Å². The summed E-state index contributed by atoms with van der Waals surface area (Å²) in [6.07, 6.45) is 3.55. The van der Waals surface area contributed by atoms with Gasteiger partial charge < -0.3 is 15.4 Å². The van der Waals surface area contributed by atoms with E-state index < -0.39 is 11.6 Å². The van der Waals surface area contributed by atoms with Crippen LogP contribution in [-0.2, 0) is 16.1 Å². The van der Waals surface area contributed by atoms with Gasteiger partial charge in [0.25, 0.3) is 0 Å².